The molecule has 0 atom stereocenters. The van der Waals surface area contributed by atoms with Gasteiger partial charge in [0, 0.05) is 54.8 Å². The summed E-state index contributed by atoms with van der Waals surface area (Å²) in [5, 5.41) is 14.5. The van der Waals surface area contributed by atoms with E-state index in [2.05, 4.69) is 226 Å². The van der Waals surface area contributed by atoms with Gasteiger partial charge in [-0.25, -0.2) is 4.98 Å². The zero-order valence-corrected chi connectivity index (χ0v) is 37.1. The number of hydrogen-bond acceptors (Lipinski definition) is 3. The number of rotatable bonds is 5. The van der Waals surface area contributed by atoms with Crippen molar-refractivity contribution in [1.29, 1.82) is 0 Å². The average molecular weight is 879 g/mol. The highest BCUT2D eigenvalue weighted by Gasteiger charge is 2.24. The molecule has 0 N–H and O–H groups in total. The SMILES string of the molecule is c1ccc(-c2nc(-c3cccc4c3c3ccccc3n4-c3ccccc3)nc(-n3c4ccccc4c4c5c6ccccc6n(-c6ccc7c8ccccc8c8ccccc8c7c6)c5ccc43)n2)cc1. The molecule has 15 aromatic rings. The van der Waals surface area contributed by atoms with Crippen LogP contribution in [0.3, 0.4) is 0 Å². The van der Waals surface area contributed by atoms with Crippen molar-refractivity contribution in [1.82, 2.24) is 28.7 Å². The summed E-state index contributed by atoms with van der Waals surface area (Å²) < 4.78 is 7.03. The van der Waals surface area contributed by atoms with Crippen LogP contribution in [0.25, 0.3) is 138 Å². The van der Waals surface area contributed by atoms with Gasteiger partial charge >= 0.3 is 0 Å². The number of hydrogen-bond donors (Lipinski definition) is 0. The molecular weight excluding hydrogens is 841 g/mol. The van der Waals surface area contributed by atoms with Crippen LogP contribution in [0.4, 0.5) is 0 Å². The fourth-order valence-electron chi connectivity index (χ4n) is 11.4. The van der Waals surface area contributed by atoms with Crippen LogP contribution in [0, 0.1) is 0 Å². The molecule has 0 fully saturated rings. The largest absolute Gasteiger partial charge is 0.309 e. The molecule has 69 heavy (non-hydrogen) atoms. The molecule has 0 saturated carbocycles. The van der Waals surface area contributed by atoms with Crippen molar-refractivity contribution in [3.63, 3.8) is 0 Å². The van der Waals surface area contributed by atoms with Gasteiger partial charge in [-0.2, -0.15) is 9.97 Å². The zero-order chi connectivity index (χ0) is 45.2. The summed E-state index contributed by atoms with van der Waals surface area (Å²) >= 11 is 0. The first-order chi connectivity index (χ1) is 34.3. The Kier molecular flexibility index (Phi) is 7.97. The molecule has 320 valence electrons. The number of fused-ring (bicyclic) bond motifs is 16. The average Bonchev–Trinajstić information content (AvgIpc) is 4.07. The second-order valence-electron chi connectivity index (χ2n) is 17.9. The first-order valence-corrected chi connectivity index (χ1v) is 23.5. The molecular formula is C63H38N6. The lowest BCUT2D eigenvalue weighted by Gasteiger charge is -2.14. The molecule has 0 radical (unpaired) electrons. The van der Waals surface area contributed by atoms with Crippen molar-refractivity contribution in [3.05, 3.63) is 231 Å². The summed E-state index contributed by atoms with van der Waals surface area (Å²) in [6.07, 6.45) is 0. The van der Waals surface area contributed by atoms with Crippen LogP contribution in [-0.4, -0.2) is 28.7 Å². The Labute approximate surface area is 395 Å². The van der Waals surface area contributed by atoms with Gasteiger partial charge in [-0.15, -0.1) is 0 Å². The minimum absolute atomic E-state index is 0.561. The maximum absolute atomic E-state index is 5.51. The molecule has 0 aliphatic carbocycles. The molecule has 4 aromatic heterocycles. The maximum atomic E-state index is 5.51. The minimum atomic E-state index is 0.561. The predicted octanol–water partition coefficient (Wildman–Crippen LogP) is 16.0. The highest BCUT2D eigenvalue weighted by Crippen LogP contribution is 2.44. The summed E-state index contributed by atoms with van der Waals surface area (Å²) in [6, 6.07) is 82.6. The van der Waals surface area contributed by atoms with E-state index >= 15 is 0 Å². The molecule has 4 heterocycles. The van der Waals surface area contributed by atoms with E-state index in [0.717, 1.165) is 77.1 Å². The Morgan fingerprint density at radius 2 is 0.681 bits per heavy atom. The first-order valence-electron chi connectivity index (χ1n) is 23.5. The lowest BCUT2D eigenvalue weighted by molar-refractivity contribution is 0.954. The number of nitrogens with zero attached hydrogens (tertiary/aromatic N) is 6. The molecule has 0 unspecified atom stereocenters. The van der Waals surface area contributed by atoms with E-state index in [0.29, 0.717) is 17.6 Å². The zero-order valence-electron chi connectivity index (χ0n) is 37.1. The number of para-hydroxylation sites is 4. The van der Waals surface area contributed by atoms with Crippen LogP contribution in [0.15, 0.2) is 231 Å². The van der Waals surface area contributed by atoms with E-state index in [4.69, 9.17) is 15.0 Å². The molecule has 15 rings (SSSR count). The Morgan fingerprint density at radius 1 is 0.246 bits per heavy atom. The van der Waals surface area contributed by atoms with Gasteiger partial charge in [-0.3, -0.25) is 4.57 Å². The van der Waals surface area contributed by atoms with Crippen molar-refractivity contribution in [3.8, 4) is 40.1 Å². The van der Waals surface area contributed by atoms with E-state index in [1.165, 1.54) is 43.1 Å². The van der Waals surface area contributed by atoms with E-state index in [1.807, 2.05) is 18.2 Å². The molecule has 0 aliphatic rings. The topological polar surface area (TPSA) is 53.5 Å². The summed E-state index contributed by atoms with van der Waals surface area (Å²) in [6.45, 7) is 0. The van der Waals surface area contributed by atoms with Crippen molar-refractivity contribution in [2.24, 2.45) is 0 Å². The molecule has 0 saturated heterocycles. The third-order valence-corrected chi connectivity index (χ3v) is 14.3. The van der Waals surface area contributed by atoms with Crippen LogP contribution >= 0.6 is 0 Å². The van der Waals surface area contributed by atoms with Crippen LogP contribution < -0.4 is 0 Å². The fraction of sp³-hybridized carbons (Fsp3) is 0. The molecule has 0 amide bonds. The van der Waals surface area contributed by atoms with Crippen molar-refractivity contribution in [2.45, 2.75) is 0 Å². The maximum Gasteiger partial charge on any atom is 0.238 e. The Bertz CT molecular complexity index is 4560. The summed E-state index contributed by atoms with van der Waals surface area (Å²) in [5.41, 5.74) is 10.6. The van der Waals surface area contributed by atoms with Gasteiger partial charge in [0.2, 0.25) is 5.95 Å². The monoisotopic (exact) mass is 878 g/mol. The quantitative estimate of drug-likeness (QED) is 0.162. The second-order valence-corrected chi connectivity index (χ2v) is 17.9. The van der Waals surface area contributed by atoms with Crippen LogP contribution in [0.5, 0.6) is 0 Å². The Balaban J connectivity index is 1.01. The molecule has 0 aliphatic heterocycles. The normalized spacial score (nSPS) is 12.1. The van der Waals surface area contributed by atoms with Crippen molar-refractivity contribution >= 4 is 97.7 Å². The molecule has 11 aromatic carbocycles. The highest BCUT2D eigenvalue weighted by atomic mass is 15.2. The van der Waals surface area contributed by atoms with E-state index in [1.54, 1.807) is 0 Å². The third kappa shape index (κ3) is 5.45. The summed E-state index contributed by atoms with van der Waals surface area (Å²) in [5.74, 6) is 1.78. The van der Waals surface area contributed by atoms with E-state index < -0.39 is 0 Å². The van der Waals surface area contributed by atoms with Crippen LogP contribution in [0.2, 0.25) is 0 Å². The molecule has 0 bridgehead atoms. The fourth-order valence-corrected chi connectivity index (χ4v) is 11.4. The van der Waals surface area contributed by atoms with Crippen LogP contribution in [0.1, 0.15) is 0 Å². The standard InChI is InChI=1S/C63H38N6/c1-3-18-39(19-4-1)61-64-62(50-29-17-33-55-58(50)47-26-11-14-30-52(47)67(55)40-20-5-2-6-21-40)66-63(65-61)69-54-32-16-13-28-49(54)60-57(69)37-36-56-59(60)48-27-12-15-31-53(48)68(56)41-34-35-46-44-24-8-7-22-42(44)43-23-9-10-25-45(43)51(46)38-41/h1-38H. The lowest BCUT2D eigenvalue weighted by atomic mass is 9.94. The summed E-state index contributed by atoms with van der Waals surface area (Å²) in [7, 11) is 0. The van der Waals surface area contributed by atoms with Gasteiger partial charge < -0.3 is 9.13 Å². The second kappa shape index (κ2) is 14.6. The van der Waals surface area contributed by atoms with E-state index in [9.17, 15) is 0 Å². The van der Waals surface area contributed by atoms with Crippen LogP contribution in [-0.2, 0) is 0 Å². The van der Waals surface area contributed by atoms with Gasteiger partial charge in [0.1, 0.15) is 0 Å². The summed E-state index contributed by atoms with van der Waals surface area (Å²) in [4.78, 5) is 16.2. The Morgan fingerprint density at radius 3 is 1.30 bits per heavy atom. The van der Waals surface area contributed by atoms with Gasteiger partial charge in [0.25, 0.3) is 0 Å². The van der Waals surface area contributed by atoms with Gasteiger partial charge in [0.15, 0.2) is 11.6 Å². The smallest absolute Gasteiger partial charge is 0.238 e. The van der Waals surface area contributed by atoms with Gasteiger partial charge in [0.05, 0.1) is 33.1 Å². The highest BCUT2D eigenvalue weighted by molar-refractivity contribution is 6.29. The lowest BCUT2D eigenvalue weighted by Crippen LogP contribution is -2.06. The van der Waals surface area contributed by atoms with E-state index in [-0.39, 0.29) is 0 Å². The first kappa shape index (κ1) is 37.8. The van der Waals surface area contributed by atoms with Gasteiger partial charge in [-0.05, 0) is 93.0 Å². The minimum Gasteiger partial charge on any atom is -0.309 e. The number of benzene rings is 11. The van der Waals surface area contributed by atoms with Crippen molar-refractivity contribution < 1.29 is 0 Å². The van der Waals surface area contributed by atoms with Crippen molar-refractivity contribution in [2.75, 3.05) is 0 Å². The molecule has 6 nitrogen and oxygen atoms in total. The number of aromatic nitrogens is 6. The molecule has 0 spiro atoms. The van der Waals surface area contributed by atoms with Gasteiger partial charge in [-0.1, -0.05) is 170 Å². The predicted molar refractivity (Wildman–Crippen MR) is 286 cm³/mol. The third-order valence-electron chi connectivity index (χ3n) is 14.3. The Hall–Kier alpha value is -9.39. The molecule has 6 heteroatoms.